The first kappa shape index (κ1) is 22.5. The molecule has 0 unspecified atom stereocenters. The molecule has 0 aliphatic heterocycles. The zero-order valence-electron chi connectivity index (χ0n) is 19.5. The third-order valence-electron chi connectivity index (χ3n) is 6.06. The van der Waals surface area contributed by atoms with Crippen molar-refractivity contribution in [2.24, 2.45) is 0 Å². The average molecular weight is 472 g/mol. The number of hydrogen-bond acceptors (Lipinski definition) is 7. The zero-order valence-corrected chi connectivity index (χ0v) is 20.3. The third-order valence-corrected chi connectivity index (χ3v) is 7.06. The molecule has 0 saturated carbocycles. The van der Waals surface area contributed by atoms with E-state index in [-0.39, 0.29) is 6.10 Å². The van der Waals surface area contributed by atoms with E-state index in [1.807, 2.05) is 50.5 Å². The number of benzene rings is 2. The number of nitrogen functional groups attached to an aromatic ring is 1. The summed E-state index contributed by atoms with van der Waals surface area (Å²) >= 11 is 1.60. The third kappa shape index (κ3) is 4.81. The lowest BCUT2D eigenvalue weighted by Gasteiger charge is -2.28. The van der Waals surface area contributed by atoms with Crippen molar-refractivity contribution in [3.63, 3.8) is 0 Å². The summed E-state index contributed by atoms with van der Waals surface area (Å²) in [5.41, 5.74) is 12.9. The van der Waals surface area contributed by atoms with Crippen LogP contribution in [-0.4, -0.2) is 21.3 Å². The molecular weight excluding hydrogens is 442 g/mol. The van der Waals surface area contributed by atoms with Gasteiger partial charge in [0.15, 0.2) is 0 Å². The monoisotopic (exact) mass is 471 g/mol. The normalized spacial score (nSPS) is 15.3. The Balaban J connectivity index is 1.39. The fourth-order valence-corrected chi connectivity index (χ4v) is 5.39. The van der Waals surface area contributed by atoms with Crippen molar-refractivity contribution in [2.45, 2.75) is 51.8 Å². The van der Waals surface area contributed by atoms with E-state index >= 15 is 0 Å². The second-order valence-corrected chi connectivity index (χ2v) is 9.87. The molecule has 1 atom stereocenters. The molecule has 0 spiro atoms. The molecule has 4 aromatic rings. The van der Waals surface area contributed by atoms with Gasteiger partial charge in [0.25, 0.3) is 0 Å². The maximum atomic E-state index is 6.22. The highest BCUT2D eigenvalue weighted by Gasteiger charge is 2.24. The molecule has 5 rings (SSSR count). The Morgan fingerprint density at radius 3 is 2.79 bits per heavy atom. The molecule has 0 radical (unpaired) electrons. The average Bonchev–Trinajstić information content (AvgIpc) is 3.34. The van der Waals surface area contributed by atoms with E-state index in [0.29, 0.717) is 17.5 Å². The number of nitrogens with one attached hydrogen (secondary N) is 1. The van der Waals surface area contributed by atoms with Gasteiger partial charge in [0.05, 0.1) is 11.8 Å². The number of pyridine rings is 1. The summed E-state index contributed by atoms with van der Waals surface area (Å²) in [6.07, 6.45) is 7.14. The van der Waals surface area contributed by atoms with Crippen molar-refractivity contribution in [1.82, 2.24) is 20.5 Å². The Kier molecular flexibility index (Phi) is 6.56. The van der Waals surface area contributed by atoms with Crippen molar-refractivity contribution in [2.75, 3.05) is 5.73 Å². The Labute approximate surface area is 204 Å². The molecule has 6 nitrogen and oxygen atoms in total. The van der Waals surface area contributed by atoms with Gasteiger partial charge in [0.2, 0.25) is 0 Å². The second kappa shape index (κ2) is 9.91. The molecule has 0 bridgehead atoms. The van der Waals surface area contributed by atoms with Gasteiger partial charge in [0.1, 0.15) is 15.8 Å². The van der Waals surface area contributed by atoms with Gasteiger partial charge < -0.3 is 15.8 Å². The summed E-state index contributed by atoms with van der Waals surface area (Å²) in [6.45, 7) is 4.79. The van der Waals surface area contributed by atoms with E-state index in [9.17, 15) is 0 Å². The minimum atomic E-state index is 0.0771. The maximum absolute atomic E-state index is 6.22. The number of fused-ring (bicyclic) bond motifs is 1. The van der Waals surface area contributed by atoms with Crippen LogP contribution in [0.4, 0.5) is 5.69 Å². The zero-order chi connectivity index (χ0) is 23.5. The highest BCUT2D eigenvalue weighted by atomic mass is 32.1. The summed E-state index contributed by atoms with van der Waals surface area (Å²) in [4.78, 5) is 4.23. The highest BCUT2D eigenvalue weighted by molar-refractivity contribution is 7.17. The Morgan fingerprint density at radius 2 is 2.00 bits per heavy atom. The first-order valence-electron chi connectivity index (χ1n) is 11.7. The molecular formula is C27H29N5OS. The van der Waals surface area contributed by atoms with Gasteiger partial charge in [-0.1, -0.05) is 35.6 Å². The van der Waals surface area contributed by atoms with Gasteiger partial charge in [-0.2, -0.15) is 0 Å². The van der Waals surface area contributed by atoms with E-state index in [0.717, 1.165) is 41.4 Å². The van der Waals surface area contributed by atoms with Crippen LogP contribution < -0.4 is 15.8 Å². The molecule has 2 aromatic heterocycles. The van der Waals surface area contributed by atoms with Gasteiger partial charge in [-0.25, -0.2) is 0 Å². The molecule has 3 N–H and O–H groups in total. The Hall–Kier alpha value is -3.29. The summed E-state index contributed by atoms with van der Waals surface area (Å²) in [5.74, 6) is 0.699. The van der Waals surface area contributed by atoms with Crippen LogP contribution in [0.25, 0.3) is 21.1 Å². The molecule has 0 amide bonds. The molecule has 1 aliphatic carbocycles. The standard InChI is InChI=1S/C27H29N5OS/c1-17(2)33-25-12-11-19(14-23(25)28)26-31-32-27(34-26)22-9-3-8-21-20(22)7-4-10-24(21)30-16-18-6-5-13-29-15-18/h3,5-6,8-9,11-15,17,24,30H,4,7,10,16,28H2,1-2H3/t24-/m0/s1. The smallest absolute Gasteiger partial charge is 0.148 e. The van der Waals surface area contributed by atoms with Crippen molar-refractivity contribution < 1.29 is 4.74 Å². The lowest BCUT2D eigenvalue weighted by molar-refractivity contribution is 0.244. The maximum Gasteiger partial charge on any atom is 0.148 e. The molecule has 0 saturated heterocycles. The summed E-state index contributed by atoms with van der Waals surface area (Å²) in [6, 6.07) is 16.8. The van der Waals surface area contributed by atoms with Crippen LogP contribution in [0.1, 0.15) is 49.4 Å². The highest BCUT2D eigenvalue weighted by Crippen LogP contribution is 2.39. The quantitative estimate of drug-likeness (QED) is 0.331. The lowest BCUT2D eigenvalue weighted by Crippen LogP contribution is -2.25. The molecule has 0 fully saturated rings. The SMILES string of the molecule is CC(C)Oc1ccc(-c2nnc(-c3cccc4c3CCC[C@@H]4NCc3cccnc3)s2)cc1N. The molecule has 2 heterocycles. The van der Waals surface area contributed by atoms with Crippen LogP contribution in [0, 0.1) is 0 Å². The fourth-order valence-electron chi connectivity index (χ4n) is 4.50. The van der Waals surface area contributed by atoms with Gasteiger partial charge in [-0.3, -0.25) is 4.98 Å². The predicted octanol–water partition coefficient (Wildman–Crippen LogP) is 5.80. The van der Waals surface area contributed by atoms with Crippen molar-refractivity contribution in [3.05, 3.63) is 77.6 Å². The number of rotatable bonds is 7. The largest absolute Gasteiger partial charge is 0.489 e. The molecule has 174 valence electrons. The van der Waals surface area contributed by atoms with Gasteiger partial charge in [0, 0.05) is 36.1 Å². The molecule has 1 aliphatic rings. The first-order chi connectivity index (χ1) is 16.6. The number of aromatic nitrogens is 3. The number of nitrogens with zero attached hydrogens (tertiary/aromatic N) is 3. The first-order valence-corrected chi connectivity index (χ1v) is 12.5. The van der Waals surface area contributed by atoms with Crippen LogP contribution in [0.3, 0.4) is 0 Å². The van der Waals surface area contributed by atoms with Crippen molar-refractivity contribution in [1.29, 1.82) is 0 Å². The molecule has 7 heteroatoms. The van der Waals surface area contributed by atoms with Crippen LogP contribution in [0.15, 0.2) is 60.9 Å². The molecule has 34 heavy (non-hydrogen) atoms. The van der Waals surface area contributed by atoms with Gasteiger partial charge in [-0.15, -0.1) is 10.2 Å². The van der Waals surface area contributed by atoms with Gasteiger partial charge >= 0.3 is 0 Å². The predicted molar refractivity (Wildman–Crippen MR) is 138 cm³/mol. The van der Waals surface area contributed by atoms with E-state index in [4.69, 9.17) is 10.5 Å². The number of hydrogen-bond donors (Lipinski definition) is 2. The van der Waals surface area contributed by atoms with Crippen LogP contribution >= 0.6 is 11.3 Å². The van der Waals surface area contributed by atoms with Crippen molar-refractivity contribution >= 4 is 17.0 Å². The summed E-state index contributed by atoms with van der Waals surface area (Å²) < 4.78 is 5.76. The van der Waals surface area contributed by atoms with Crippen LogP contribution in [0.5, 0.6) is 5.75 Å². The molecule has 2 aromatic carbocycles. The van der Waals surface area contributed by atoms with E-state index in [1.165, 1.54) is 22.3 Å². The van der Waals surface area contributed by atoms with Crippen LogP contribution in [0.2, 0.25) is 0 Å². The summed E-state index contributed by atoms with van der Waals surface area (Å²) in [5, 5.41) is 14.6. The van der Waals surface area contributed by atoms with E-state index in [1.54, 1.807) is 11.3 Å². The van der Waals surface area contributed by atoms with E-state index in [2.05, 4.69) is 44.8 Å². The number of nitrogens with two attached hydrogens (primary N) is 1. The Bertz CT molecular complexity index is 1270. The lowest BCUT2D eigenvalue weighted by atomic mass is 9.85. The van der Waals surface area contributed by atoms with Crippen molar-refractivity contribution in [3.8, 4) is 26.9 Å². The summed E-state index contributed by atoms with van der Waals surface area (Å²) in [7, 11) is 0. The topological polar surface area (TPSA) is 86.0 Å². The number of ether oxygens (including phenoxy) is 1. The minimum absolute atomic E-state index is 0.0771. The minimum Gasteiger partial charge on any atom is -0.489 e. The fraction of sp³-hybridized carbons (Fsp3) is 0.296. The van der Waals surface area contributed by atoms with Crippen LogP contribution in [-0.2, 0) is 13.0 Å². The Morgan fingerprint density at radius 1 is 1.12 bits per heavy atom. The van der Waals surface area contributed by atoms with Gasteiger partial charge in [-0.05, 0) is 74.1 Å². The number of anilines is 1. The second-order valence-electron chi connectivity index (χ2n) is 8.89. The van der Waals surface area contributed by atoms with E-state index < -0.39 is 0 Å².